The van der Waals surface area contributed by atoms with Crippen LogP contribution in [0, 0.1) is 0 Å². The van der Waals surface area contributed by atoms with E-state index in [1.165, 1.54) is 12.3 Å². The van der Waals surface area contributed by atoms with Crippen LogP contribution >= 0.6 is 0 Å². The summed E-state index contributed by atoms with van der Waals surface area (Å²) >= 11 is 0. The summed E-state index contributed by atoms with van der Waals surface area (Å²) in [6.07, 6.45) is -2.12. The second-order valence-electron chi connectivity index (χ2n) is 7.44. The van der Waals surface area contributed by atoms with Crippen molar-refractivity contribution in [2.75, 3.05) is 25.5 Å². The highest BCUT2D eigenvalue weighted by atomic mass is 19.4. The number of alkyl halides is 4. The van der Waals surface area contributed by atoms with Crippen molar-refractivity contribution in [2.45, 2.75) is 24.8 Å². The average Bonchev–Trinajstić information content (AvgIpc) is 2.67. The SMILES string of the molecule is CN1C[C@@H](F)C[C@H](Nc2nnc(-c3ccc(C(F)(F)F)cc3O)c3ccncc23)C1. The average molecular weight is 421 g/mol. The number of nitrogens with zero attached hydrogens (tertiary/aromatic N) is 4. The van der Waals surface area contributed by atoms with Crippen LogP contribution in [0.15, 0.2) is 36.7 Å². The molecule has 30 heavy (non-hydrogen) atoms. The lowest BCUT2D eigenvalue weighted by molar-refractivity contribution is -0.137. The topological polar surface area (TPSA) is 74.2 Å². The molecule has 1 fully saturated rings. The van der Waals surface area contributed by atoms with E-state index < -0.39 is 23.7 Å². The van der Waals surface area contributed by atoms with Gasteiger partial charge in [0.25, 0.3) is 0 Å². The van der Waals surface area contributed by atoms with Crippen LogP contribution < -0.4 is 5.32 Å². The maximum atomic E-state index is 13.9. The molecule has 2 aromatic heterocycles. The third kappa shape index (κ3) is 4.00. The van der Waals surface area contributed by atoms with Gasteiger partial charge >= 0.3 is 6.18 Å². The van der Waals surface area contributed by atoms with Crippen LogP contribution in [0.3, 0.4) is 0 Å². The minimum absolute atomic E-state index is 0.125. The summed E-state index contributed by atoms with van der Waals surface area (Å²) in [6, 6.07) is 4.18. The van der Waals surface area contributed by atoms with Gasteiger partial charge in [0.15, 0.2) is 5.82 Å². The van der Waals surface area contributed by atoms with Crippen molar-refractivity contribution in [1.29, 1.82) is 0 Å². The van der Waals surface area contributed by atoms with Crippen molar-refractivity contribution in [3.8, 4) is 17.0 Å². The van der Waals surface area contributed by atoms with E-state index in [0.717, 1.165) is 6.07 Å². The molecule has 2 atom stereocenters. The largest absolute Gasteiger partial charge is 0.507 e. The number of nitrogens with one attached hydrogen (secondary N) is 1. The maximum absolute atomic E-state index is 13.9. The van der Waals surface area contributed by atoms with Crippen LogP contribution in [-0.2, 0) is 6.18 Å². The molecule has 158 valence electrons. The number of aromatic hydroxyl groups is 1. The number of benzene rings is 1. The Bertz CT molecular complexity index is 1060. The van der Waals surface area contributed by atoms with Crippen molar-refractivity contribution >= 4 is 16.6 Å². The highest BCUT2D eigenvalue weighted by Gasteiger charge is 2.31. The number of likely N-dealkylation sites (tertiary alicyclic amines) is 1. The van der Waals surface area contributed by atoms with E-state index in [9.17, 15) is 22.7 Å². The van der Waals surface area contributed by atoms with E-state index in [1.54, 1.807) is 12.3 Å². The fourth-order valence-electron chi connectivity index (χ4n) is 3.76. The van der Waals surface area contributed by atoms with E-state index in [-0.39, 0.29) is 17.3 Å². The molecule has 3 heterocycles. The number of likely N-dealkylation sites (N-methyl/N-ethyl adjacent to an activating group) is 1. The van der Waals surface area contributed by atoms with Crippen molar-refractivity contribution < 1.29 is 22.7 Å². The number of halogens is 4. The van der Waals surface area contributed by atoms with Gasteiger partial charge in [-0.25, -0.2) is 4.39 Å². The molecule has 2 N–H and O–H groups in total. The van der Waals surface area contributed by atoms with Gasteiger partial charge in [0.05, 0.1) is 5.56 Å². The molecule has 0 bridgehead atoms. The predicted molar refractivity (Wildman–Crippen MR) is 104 cm³/mol. The van der Waals surface area contributed by atoms with Crippen LogP contribution in [-0.4, -0.2) is 57.5 Å². The number of rotatable bonds is 3. The summed E-state index contributed by atoms with van der Waals surface area (Å²) in [5, 5.41) is 22.8. The molecule has 0 amide bonds. The van der Waals surface area contributed by atoms with Gasteiger partial charge in [0.1, 0.15) is 17.6 Å². The van der Waals surface area contributed by atoms with Gasteiger partial charge in [0, 0.05) is 54.3 Å². The molecular formula is C20H19F4N5O. The Kier molecular flexibility index (Phi) is 5.19. The smallest absolute Gasteiger partial charge is 0.416 e. The molecule has 0 unspecified atom stereocenters. The molecule has 1 aliphatic rings. The van der Waals surface area contributed by atoms with Gasteiger partial charge < -0.3 is 15.3 Å². The summed E-state index contributed by atoms with van der Waals surface area (Å²) in [5.74, 6) is -0.145. The number of hydrogen-bond donors (Lipinski definition) is 2. The first-order valence-electron chi connectivity index (χ1n) is 9.32. The Morgan fingerprint density at radius 2 is 1.93 bits per heavy atom. The summed E-state index contributed by atoms with van der Waals surface area (Å²) in [7, 11) is 1.84. The van der Waals surface area contributed by atoms with Crippen LogP contribution in [0.5, 0.6) is 5.75 Å². The monoisotopic (exact) mass is 421 g/mol. The fourth-order valence-corrected chi connectivity index (χ4v) is 3.76. The molecule has 0 spiro atoms. The predicted octanol–water partition coefficient (Wildman–Crippen LogP) is 3.87. The molecule has 1 aromatic carbocycles. The highest BCUT2D eigenvalue weighted by molar-refractivity contribution is 6.00. The third-order valence-corrected chi connectivity index (χ3v) is 5.08. The third-order valence-electron chi connectivity index (χ3n) is 5.08. The first kappa shape index (κ1) is 20.3. The number of fused-ring (bicyclic) bond motifs is 1. The molecule has 0 saturated carbocycles. The van der Waals surface area contributed by atoms with E-state index in [4.69, 9.17) is 0 Å². The van der Waals surface area contributed by atoms with Gasteiger partial charge in [-0.3, -0.25) is 4.98 Å². The van der Waals surface area contributed by atoms with E-state index in [1.807, 2.05) is 11.9 Å². The number of pyridine rings is 1. The zero-order chi connectivity index (χ0) is 21.5. The normalized spacial score (nSPS) is 20.4. The minimum Gasteiger partial charge on any atom is -0.507 e. The Morgan fingerprint density at radius 3 is 2.63 bits per heavy atom. The summed E-state index contributed by atoms with van der Waals surface area (Å²) < 4.78 is 52.6. The quantitative estimate of drug-likeness (QED) is 0.626. The van der Waals surface area contributed by atoms with Crippen LogP contribution in [0.1, 0.15) is 12.0 Å². The van der Waals surface area contributed by atoms with E-state index >= 15 is 0 Å². The van der Waals surface area contributed by atoms with Crippen molar-refractivity contribution in [1.82, 2.24) is 20.1 Å². The molecule has 0 aliphatic carbocycles. The van der Waals surface area contributed by atoms with Crippen LogP contribution in [0.4, 0.5) is 23.4 Å². The summed E-state index contributed by atoms with van der Waals surface area (Å²) in [5.41, 5.74) is -0.601. The van der Waals surface area contributed by atoms with Crippen molar-refractivity contribution in [3.63, 3.8) is 0 Å². The second kappa shape index (κ2) is 7.67. The Labute approximate surface area is 169 Å². The number of phenols is 1. The zero-order valence-electron chi connectivity index (χ0n) is 16.0. The molecular weight excluding hydrogens is 402 g/mol. The number of hydrogen-bond acceptors (Lipinski definition) is 6. The lowest BCUT2D eigenvalue weighted by Crippen LogP contribution is -2.45. The van der Waals surface area contributed by atoms with E-state index in [0.29, 0.717) is 42.2 Å². The van der Waals surface area contributed by atoms with Crippen LogP contribution in [0.2, 0.25) is 0 Å². The molecule has 1 saturated heterocycles. The molecule has 0 radical (unpaired) electrons. The fraction of sp³-hybridized carbons (Fsp3) is 0.350. The standard InChI is InChI=1S/C20H19F4N5O/c1-29-9-12(21)7-13(10-29)26-19-16-8-25-5-4-14(16)18(27-28-19)15-3-2-11(6-17(15)30)20(22,23)24/h2-6,8,12-13,30H,7,9-10H2,1H3,(H,26,28)/t12-,13-/m0/s1. The van der Waals surface area contributed by atoms with Crippen LogP contribution in [0.25, 0.3) is 22.0 Å². The Morgan fingerprint density at radius 1 is 1.13 bits per heavy atom. The maximum Gasteiger partial charge on any atom is 0.416 e. The van der Waals surface area contributed by atoms with Gasteiger partial charge in [-0.2, -0.15) is 13.2 Å². The van der Waals surface area contributed by atoms with Gasteiger partial charge in [-0.15, -0.1) is 10.2 Å². The number of aromatic nitrogens is 3. The summed E-state index contributed by atoms with van der Waals surface area (Å²) in [4.78, 5) is 5.98. The molecule has 10 heteroatoms. The first-order valence-corrected chi connectivity index (χ1v) is 9.32. The molecule has 6 nitrogen and oxygen atoms in total. The van der Waals surface area contributed by atoms with Gasteiger partial charge in [-0.05, 0) is 31.3 Å². The number of phenolic OH excluding ortho intramolecular Hbond substituents is 1. The Hall–Kier alpha value is -3.01. The highest BCUT2D eigenvalue weighted by Crippen LogP contribution is 2.38. The number of anilines is 1. The van der Waals surface area contributed by atoms with E-state index in [2.05, 4.69) is 20.5 Å². The molecule has 3 aromatic rings. The second-order valence-corrected chi connectivity index (χ2v) is 7.44. The van der Waals surface area contributed by atoms with Crippen molar-refractivity contribution in [2.24, 2.45) is 0 Å². The lowest BCUT2D eigenvalue weighted by Gasteiger charge is -2.32. The zero-order valence-corrected chi connectivity index (χ0v) is 16.0. The molecule has 1 aliphatic heterocycles. The number of piperidine rings is 1. The Balaban J connectivity index is 1.73. The van der Waals surface area contributed by atoms with Gasteiger partial charge in [-0.1, -0.05) is 0 Å². The molecule has 4 rings (SSSR count). The first-order chi connectivity index (χ1) is 14.2. The lowest BCUT2D eigenvalue weighted by atomic mass is 10.0. The summed E-state index contributed by atoms with van der Waals surface area (Å²) in [6.45, 7) is 1.00. The van der Waals surface area contributed by atoms with Gasteiger partial charge in [0.2, 0.25) is 0 Å². The van der Waals surface area contributed by atoms with Crippen molar-refractivity contribution in [3.05, 3.63) is 42.2 Å². The minimum atomic E-state index is -4.57.